The Labute approximate surface area is 99.0 Å². The summed E-state index contributed by atoms with van der Waals surface area (Å²) in [7, 11) is 0. The monoisotopic (exact) mass is 239 g/mol. The van der Waals surface area contributed by atoms with Crippen LogP contribution in [0.1, 0.15) is 36.7 Å². The molecule has 0 aromatic carbocycles. The van der Waals surface area contributed by atoms with E-state index in [4.69, 9.17) is 4.74 Å². The predicted octanol–water partition coefficient (Wildman–Crippen LogP) is 0.870. The molecule has 94 valence electrons. The molecule has 2 N–H and O–H groups in total. The summed E-state index contributed by atoms with van der Waals surface area (Å²) in [6, 6.07) is 0. The summed E-state index contributed by atoms with van der Waals surface area (Å²) in [5.41, 5.74) is -0.132. The molecule has 1 aliphatic heterocycles. The third-order valence-corrected chi connectivity index (χ3v) is 2.86. The van der Waals surface area contributed by atoms with Crippen LogP contribution in [-0.2, 0) is 4.74 Å². The Balaban J connectivity index is 2.26. The molecule has 0 aliphatic carbocycles. The predicted molar refractivity (Wildman–Crippen MR) is 63.4 cm³/mol. The Morgan fingerprint density at radius 3 is 2.65 bits per heavy atom. The minimum absolute atomic E-state index is 0.235. The van der Waals surface area contributed by atoms with E-state index in [1.165, 1.54) is 6.42 Å². The van der Waals surface area contributed by atoms with Crippen molar-refractivity contribution in [2.24, 2.45) is 0 Å². The molecule has 1 aromatic heterocycles. The van der Waals surface area contributed by atoms with E-state index >= 15 is 0 Å². The molecule has 1 saturated heterocycles. The first-order valence-corrected chi connectivity index (χ1v) is 5.96. The van der Waals surface area contributed by atoms with Crippen LogP contribution in [0.25, 0.3) is 0 Å². The molecule has 0 bridgehead atoms. The fourth-order valence-electron chi connectivity index (χ4n) is 2.08. The highest BCUT2D eigenvalue weighted by molar-refractivity contribution is 5.92. The van der Waals surface area contributed by atoms with E-state index in [0.29, 0.717) is 12.4 Å². The van der Waals surface area contributed by atoms with Gasteiger partial charge in [-0.15, -0.1) is 0 Å². The topological polar surface area (TPSA) is 78.2 Å². The average molecular weight is 239 g/mol. The number of aromatic amines is 2. The van der Waals surface area contributed by atoms with E-state index in [1.54, 1.807) is 6.92 Å². The summed E-state index contributed by atoms with van der Waals surface area (Å²) >= 11 is 0. The molecule has 2 rings (SSSR count). The van der Waals surface area contributed by atoms with Gasteiger partial charge in [-0.25, -0.2) is 9.59 Å². The Hall–Kier alpha value is -1.72. The van der Waals surface area contributed by atoms with Gasteiger partial charge in [-0.2, -0.15) is 0 Å². The Bertz CT molecular complexity index is 443. The van der Waals surface area contributed by atoms with Gasteiger partial charge in [-0.3, -0.25) is 9.97 Å². The second-order valence-electron chi connectivity index (χ2n) is 4.07. The molecule has 1 fully saturated rings. The van der Waals surface area contributed by atoms with Gasteiger partial charge >= 0.3 is 11.7 Å². The number of hydrogen-bond donors (Lipinski definition) is 2. The lowest BCUT2D eigenvalue weighted by molar-refractivity contribution is 0.0520. The van der Waals surface area contributed by atoms with Crippen molar-refractivity contribution in [2.75, 3.05) is 24.6 Å². The lowest BCUT2D eigenvalue weighted by atomic mass is 10.1. The number of carbonyl (C=O) groups is 1. The lowest BCUT2D eigenvalue weighted by Gasteiger charge is -2.27. The zero-order valence-electron chi connectivity index (χ0n) is 9.91. The Kier molecular flexibility index (Phi) is 3.51. The first-order chi connectivity index (χ1) is 8.22. The van der Waals surface area contributed by atoms with Crippen LogP contribution in [-0.4, -0.2) is 35.6 Å². The third-order valence-electron chi connectivity index (χ3n) is 2.86. The van der Waals surface area contributed by atoms with E-state index in [-0.39, 0.29) is 11.4 Å². The van der Waals surface area contributed by atoms with Crippen molar-refractivity contribution < 1.29 is 9.53 Å². The maximum absolute atomic E-state index is 11.7. The molecule has 0 atom stereocenters. The molecule has 0 saturated carbocycles. The number of nitrogens with zero attached hydrogens (tertiary/aromatic N) is 1. The fraction of sp³-hybridized carbons (Fsp3) is 0.636. The van der Waals surface area contributed by atoms with Gasteiger partial charge in [-0.1, -0.05) is 0 Å². The second-order valence-corrected chi connectivity index (χ2v) is 4.07. The Morgan fingerprint density at radius 2 is 2.00 bits per heavy atom. The molecule has 6 heteroatoms. The van der Waals surface area contributed by atoms with E-state index in [1.807, 2.05) is 4.90 Å². The van der Waals surface area contributed by atoms with Crippen molar-refractivity contribution in [3.05, 3.63) is 16.2 Å². The normalized spacial score (nSPS) is 15.9. The van der Waals surface area contributed by atoms with Crippen molar-refractivity contribution in [2.45, 2.75) is 26.2 Å². The van der Waals surface area contributed by atoms with E-state index < -0.39 is 5.97 Å². The van der Waals surface area contributed by atoms with Crippen molar-refractivity contribution in [3.63, 3.8) is 0 Å². The molecular formula is C11H17N3O3. The fourth-order valence-corrected chi connectivity index (χ4v) is 2.08. The Morgan fingerprint density at radius 1 is 1.29 bits per heavy atom. The summed E-state index contributed by atoms with van der Waals surface area (Å²) in [5, 5.41) is 0. The number of carbonyl (C=O) groups excluding carboxylic acids is 1. The third kappa shape index (κ3) is 2.51. The molecule has 0 spiro atoms. The van der Waals surface area contributed by atoms with E-state index in [2.05, 4.69) is 9.97 Å². The maximum atomic E-state index is 11.7. The van der Waals surface area contributed by atoms with Gasteiger partial charge in [-0.05, 0) is 26.2 Å². The van der Waals surface area contributed by atoms with Crippen LogP contribution < -0.4 is 10.6 Å². The summed E-state index contributed by atoms with van der Waals surface area (Å²) < 4.78 is 4.92. The van der Waals surface area contributed by atoms with Gasteiger partial charge in [0, 0.05) is 13.1 Å². The summed E-state index contributed by atoms with van der Waals surface area (Å²) in [4.78, 5) is 30.2. The minimum atomic E-state index is -0.480. The molecule has 17 heavy (non-hydrogen) atoms. The molecule has 1 aromatic rings. The number of ether oxygens (including phenoxy) is 1. The highest BCUT2D eigenvalue weighted by Crippen LogP contribution is 2.20. The van der Waals surface area contributed by atoms with Gasteiger partial charge in [0.1, 0.15) is 5.82 Å². The van der Waals surface area contributed by atoms with Crippen LogP contribution in [0.4, 0.5) is 5.82 Å². The van der Waals surface area contributed by atoms with Gasteiger partial charge in [0.2, 0.25) is 0 Å². The quantitative estimate of drug-likeness (QED) is 0.767. The van der Waals surface area contributed by atoms with Gasteiger partial charge in [0.15, 0.2) is 5.69 Å². The zero-order valence-corrected chi connectivity index (χ0v) is 9.91. The molecular weight excluding hydrogens is 222 g/mol. The zero-order chi connectivity index (χ0) is 12.3. The molecule has 0 unspecified atom stereocenters. The number of piperidine rings is 1. The van der Waals surface area contributed by atoms with Gasteiger partial charge in [0.05, 0.1) is 6.61 Å². The number of nitrogens with one attached hydrogen (secondary N) is 2. The van der Waals surface area contributed by atoms with Crippen molar-refractivity contribution >= 4 is 11.8 Å². The van der Waals surface area contributed by atoms with Crippen molar-refractivity contribution in [3.8, 4) is 0 Å². The SMILES string of the molecule is CCOC(=O)c1[nH]c(=O)[nH]c1N1CCCCC1. The van der Waals surface area contributed by atoms with Gasteiger partial charge < -0.3 is 9.64 Å². The van der Waals surface area contributed by atoms with Crippen molar-refractivity contribution in [1.82, 2.24) is 9.97 Å². The number of rotatable bonds is 3. The number of hydrogen-bond acceptors (Lipinski definition) is 4. The average Bonchev–Trinajstić information content (AvgIpc) is 2.73. The number of aromatic nitrogens is 2. The van der Waals surface area contributed by atoms with Crippen LogP contribution in [0.2, 0.25) is 0 Å². The molecule has 2 heterocycles. The first kappa shape index (κ1) is 11.8. The number of imidazole rings is 1. The van der Waals surface area contributed by atoms with Crippen molar-refractivity contribution in [1.29, 1.82) is 0 Å². The molecule has 6 nitrogen and oxygen atoms in total. The molecule has 0 amide bonds. The number of H-pyrrole nitrogens is 2. The van der Waals surface area contributed by atoms with Crippen LogP contribution in [0, 0.1) is 0 Å². The largest absolute Gasteiger partial charge is 0.461 e. The molecule has 0 radical (unpaired) electrons. The number of anilines is 1. The van der Waals surface area contributed by atoms with Crippen LogP contribution in [0.3, 0.4) is 0 Å². The highest BCUT2D eigenvalue weighted by atomic mass is 16.5. The summed E-state index contributed by atoms with van der Waals surface area (Å²) in [5.74, 6) is 0.0829. The van der Waals surface area contributed by atoms with Gasteiger partial charge in [0.25, 0.3) is 0 Å². The summed E-state index contributed by atoms with van der Waals surface area (Å²) in [6.45, 7) is 3.76. The van der Waals surface area contributed by atoms with E-state index in [9.17, 15) is 9.59 Å². The van der Waals surface area contributed by atoms with Crippen LogP contribution in [0.5, 0.6) is 0 Å². The standard InChI is InChI=1S/C11H17N3O3/c1-2-17-10(15)8-9(13-11(16)12-8)14-6-4-3-5-7-14/h2-7H2,1H3,(H2,12,13,16). The highest BCUT2D eigenvalue weighted by Gasteiger charge is 2.22. The second kappa shape index (κ2) is 5.07. The summed E-state index contributed by atoms with van der Waals surface area (Å²) in [6.07, 6.45) is 3.35. The smallest absolute Gasteiger partial charge is 0.358 e. The van der Waals surface area contributed by atoms with Crippen LogP contribution in [0.15, 0.2) is 4.79 Å². The maximum Gasteiger partial charge on any atom is 0.358 e. The van der Waals surface area contributed by atoms with E-state index in [0.717, 1.165) is 25.9 Å². The number of esters is 1. The first-order valence-electron chi connectivity index (χ1n) is 5.96. The lowest BCUT2D eigenvalue weighted by Crippen LogP contribution is -2.31. The molecule has 1 aliphatic rings. The minimum Gasteiger partial charge on any atom is -0.461 e. The van der Waals surface area contributed by atoms with Crippen LogP contribution >= 0.6 is 0 Å².